The fourth-order valence-electron chi connectivity index (χ4n) is 3.44. The molecule has 0 radical (unpaired) electrons. The average Bonchev–Trinajstić information content (AvgIpc) is 3.12. The molecule has 0 spiro atoms. The van der Waals surface area contributed by atoms with Crippen molar-refractivity contribution in [3.63, 3.8) is 0 Å². The Balaban J connectivity index is 1.40. The van der Waals surface area contributed by atoms with Crippen molar-refractivity contribution in [1.29, 1.82) is 0 Å². The lowest BCUT2D eigenvalue weighted by Gasteiger charge is -2.23. The molecule has 0 aliphatic carbocycles. The molecule has 1 aromatic heterocycles. The van der Waals surface area contributed by atoms with Crippen LogP contribution in [0.5, 0.6) is 11.5 Å². The number of benzene rings is 1. The van der Waals surface area contributed by atoms with E-state index in [1.54, 1.807) is 34.1 Å². The van der Waals surface area contributed by atoms with Gasteiger partial charge in [-0.2, -0.15) is 0 Å². The van der Waals surface area contributed by atoms with Gasteiger partial charge in [-0.15, -0.1) is 0 Å². The Morgan fingerprint density at radius 1 is 1.00 bits per heavy atom. The molecule has 148 valence electrons. The summed E-state index contributed by atoms with van der Waals surface area (Å²) in [6.07, 6.45) is 2.38. The molecular weight excluding hydrogens is 384 g/mol. The predicted octanol–water partition coefficient (Wildman–Crippen LogP) is 2.62. The molecule has 7 nitrogen and oxygen atoms in total. The van der Waals surface area contributed by atoms with Gasteiger partial charge in [0.05, 0.1) is 12.7 Å². The van der Waals surface area contributed by atoms with Crippen molar-refractivity contribution in [1.82, 2.24) is 9.80 Å². The van der Waals surface area contributed by atoms with E-state index in [1.165, 1.54) is 6.26 Å². The first-order chi connectivity index (χ1) is 13.6. The van der Waals surface area contributed by atoms with Crippen LogP contribution in [0.15, 0.2) is 34.9 Å². The van der Waals surface area contributed by atoms with Crippen molar-refractivity contribution in [2.75, 3.05) is 39.4 Å². The minimum absolute atomic E-state index is 0.0223. The lowest BCUT2D eigenvalue weighted by Crippen LogP contribution is -2.37. The Bertz CT molecular complexity index is 868. The number of rotatable bonds is 3. The molecule has 0 N–H and O–H groups in total. The Morgan fingerprint density at radius 2 is 1.71 bits per heavy atom. The van der Waals surface area contributed by atoms with E-state index >= 15 is 0 Å². The van der Waals surface area contributed by atoms with Crippen LogP contribution in [0.3, 0.4) is 0 Å². The number of ether oxygens (including phenoxy) is 2. The number of furan rings is 1. The van der Waals surface area contributed by atoms with E-state index in [1.807, 2.05) is 0 Å². The molecular formula is C20H21ClN2O5. The third kappa shape index (κ3) is 3.94. The molecule has 3 heterocycles. The van der Waals surface area contributed by atoms with Crippen molar-refractivity contribution >= 4 is 23.4 Å². The van der Waals surface area contributed by atoms with Crippen LogP contribution in [-0.2, 0) is 11.2 Å². The highest BCUT2D eigenvalue weighted by Gasteiger charge is 2.25. The van der Waals surface area contributed by atoms with Gasteiger partial charge >= 0.3 is 0 Å². The second-order valence-corrected chi connectivity index (χ2v) is 7.18. The normalized spacial score (nSPS) is 16.6. The van der Waals surface area contributed by atoms with Crippen LogP contribution in [0, 0.1) is 0 Å². The number of halogens is 1. The lowest BCUT2D eigenvalue weighted by atomic mass is 10.1. The maximum atomic E-state index is 12.8. The number of hydrogen-bond acceptors (Lipinski definition) is 5. The topological polar surface area (TPSA) is 72.2 Å². The molecule has 8 heteroatoms. The minimum Gasteiger partial charge on any atom is -0.486 e. The Morgan fingerprint density at radius 3 is 2.46 bits per heavy atom. The van der Waals surface area contributed by atoms with Gasteiger partial charge in [-0.1, -0.05) is 11.6 Å². The summed E-state index contributed by atoms with van der Waals surface area (Å²) >= 11 is 6.33. The van der Waals surface area contributed by atoms with Crippen molar-refractivity contribution in [2.45, 2.75) is 12.8 Å². The van der Waals surface area contributed by atoms with Gasteiger partial charge in [-0.3, -0.25) is 9.59 Å². The molecule has 0 saturated carbocycles. The lowest BCUT2D eigenvalue weighted by molar-refractivity contribution is -0.130. The van der Waals surface area contributed by atoms with Crippen LogP contribution >= 0.6 is 11.6 Å². The standard InChI is InChI=1S/C20H21ClN2O5/c21-15-13-18-17(27-9-10-28-18)11-14(15)12-19(24)22-4-2-5-23(7-6-22)20(25)16-3-1-8-26-16/h1,3,8,11,13H,2,4-7,9-10,12H2. The molecule has 2 aromatic rings. The smallest absolute Gasteiger partial charge is 0.289 e. The molecule has 1 fully saturated rings. The molecule has 1 aromatic carbocycles. The molecule has 0 bridgehead atoms. The van der Waals surface area contributed by atoms with E-state index in [2.05, 4.69) is 0 Å². The van der Waals surface area contributed by atoms with Crippen molar-refractivity contribution in [3.05, 3.63) is 46.9 Å². The summed E-state index contributed by atoms with van der Waals surface area (Å²) < 4.78 is 16.3. The number of fused-ring (bicyclic) bond motifs is 1. The maximum absolute atomic E-state index is 12.8. The highest BCUT2D eigenvalue weighted by atomic mass is 35.5. The van der Waals surface area contributed by atoms with Gasteiger partial charge in [0.1, 0.15) is 13.2 Å². The summed E-state index contributed by atoms with van der Waals surface area (Å²) in [5.41, 5.74) is 0.712. The summed E-state index contributed by atoms with van der Waals surface area (Å²) in [5, 5.41) is 0.488. The first kappa shape index (κ1) is 18.7. The molecule has 2 aliphatic heterocycles. The number of carbonyl (C=O) groups is 2. The van der Waals surface area contributed by atoms with Crippen LogP contribution in [0.1, 0.15) is 22.5 Å². The third-order valence-electron chi connectivity index (χ3n) is 4.92. The Kier molecular flexibility index (Phi) is 5.43. The quantitative estimate of drug-likeness (QED) is 0.786. The summed E-state index contributed by atoms with van der Waals surface area (Å²) in [6.45, 7) is 3.11. The van der Waals surface area contributed by atoms with E-state index < -0.39 is 0 Å². The Labute approximate surface area is 167 Å². The monoisotopic (exact) mass is 404 g/mol. The third-order valence-corrected chi connectivity index (χ3v) is 5.27. The summed E-state index contributed by atoms with van der Waals surface area (Å²) in [7, 11) is 0. The zero-order valence-electron chi connectivity index (χ0n) is 15.4. The zero-order valence-corrected chi connectivity index (χ0v) is 16.1. The first-order valence-electron chi connectivity index (χ1n) is 9.30. The van der Waals surface area contributed by atoms with E-state index in [-0.39, 0.29) is 18.2 Å². The number of nitrogens with zero attached hydrogens (tertiary/aromatic N) is 2. The van der Waals surface area contributed by atoms with E-state index in [4.69, 9.17) is 25.5 Å². The van der Waals surface area contributed by atoms with Crippen molar-refractivity contribution in [3.8, 4) is 11.5 Å². The van der Waals surface area contributed by atoms with E-state index in [9.17, 15) is 9.59 Å². The van der Waals surface area contributed by atoms with E-state index in [0.717, 1.165) is 0 Å². The van der Waals surface area contributed by atoms with Crippen LogP contribution in [0.2, 0.25) is 5.02 Å². The zero-order chi connectivity index (χ0) is 19.5. The predicted molar refractivity (Wildman–Crippen MR) is 102 cm³/mol. The minimum atomic E-state index is -0.144. The van der Waals surface area contributed by atoms with Crippen molar-refractivity contribution in [2.24, 2.45) is 0 Å². The van der Waals surface area contributed by atoms with Crippen LogP contribution in [-0.4, -0.2) is 61.0 Å². The van der Waals surface area contributed by atoms with E-state index in [0.29, 0.717) is 73.7 Å². The maximum Gasteiger partial charge on any atom is 0.289 e. The van der Waals surface area contributed by atoms with Gasteiger partial charge in [0, 0.05) is 37.3 Å². The fraction of sp³-hybridized carbons (Fsp3) is 0.400. The van der Waals surface area contributed by atoms with Gasteiger partial charge in [0.15, 0.2) is 17.3 Å². The largest absolute Gasteiger partial charge is 0.486 e. The highest BCUT2D eigenvalue weighted by Crippen LogP contribution is 2.35. The second-order valence-electron chi connectivity index (χ2n) is 6.77. The van der Waals surface area contributed by atoms with Gasteiger partial charge < -0.3 is 23.7 Å². The SMILES string of the molecule is O=C(Cc1cc2c(cc1Cl)OCCO2)N1CCCN(C(=O)c2ccco2)CC1. The molecule has 0 unspecified atom stereocenters. The van der Waals surface area contributed by atoms with Gasteiger partial charge in [-0.05, 0) is 30.2 Å². The molecule has 1 saturated heterocycles. The number of carbonyl (C=O) groups excluding carboxylic acids is 2. The second kappa shape index (κ2) is 8.14. The summed E-state index contributed by atoms with van der Waals surface area (Å²) in [4.78, 5) is 28.8. The van der Waals surface area contributed by atoms with Gasteiger partial charge in [0.2, 0.25) is 5.91 Å². The summed E-state index contributed by atoms with van der Waals surface area (Å²) in [6, 6.07) is 6.82. The molecule has 28 heavy (non-hydrogen) atoms. The molecule has 2 amide bonds. The molecule has 2 aliphatic rings. The van der Waals surface area contributed by atoms with Crippen LogP contribution < -0.4 is 9.47 Å². The first-order valence-corrected chi connectivity index (χ1v) is 9.68. The average molecular weight is 405 g/mol. The van der Waals surface area contributed by atoms with Gasteiger partial charge in [-0.25, -0.2) is 0 Å². The van der Waals surface area contributed by atoms with Crippen LogP contribution in [0.4, 0.5) is 0 Å². The molecule has 0 atom stereocenters. The van der Waals surface area contributed by atoms with Crippen molar-refractivity contribution < 1.29 is 23.5 Å². The number of amides is 2. The van der Waals surface area contributed by atoms with Gasteiger partial charge in [0.25, 0.3) is 5.91 Å². The molecule has 4 rings (SSSR count). The number of hydrogen-bond donors (Lipinski definition) is 0. The van der Waals surface area contributed by atoms with Crippen LogP contribution in [0.25, 0.3) is 0 Å². The highest BCUT2D eigenvalue weighted by molar-refractivity contribution is 6.31. The Hall–Kier alpha value is -2.67. The fourth-order valence-corrected chi connectivity index (χ4v) is 3.66. The summed E-state index contributed by atoms with van der Waals surface area (Å²) in [5.74, 6) is 1.38.